The predicted octanol–water partition coefficient (Wildman–Crippen LogP) is 2.13. The molecule has 0 radical (unpaired) electrons. The first-order valence-electron chi connectivity index (χ1n) is 6.77. The zero-order valence-corrected chi connectivity index (χ0v) is 11.7. The molecule has 0 bridgehead atoms. The van der Waals surface area contributed by atoms with Gasteiger partial charge in [0.1, 0.15) is 0 Å². The number of hydrogen-bond donors (Lipinski definition) is 1. The lowest BCUT2D eigenvalue weighted by atomic mass is 10.2. The maximum absolute atomic E-state index is 11.9. The van der Waals surface area contributed by atoms with E-state index < -0.39 is 5.91 Å². The number of hydrogen-bond acceptors (Lipinski definition) is 4. The molecule has 0 unspecified atom stereocenters. The van der Waals surface area contributed by atoms with Crippen LogP contribution in [0.5, 0.6) is 0 Å². The molecule has 22 heavy (non-hydrogen) atoms. The van der Waals surface area contributed by atoms with Crippen molar-refractivity contribution in [3.63, 3.8) is 0 Å². The van der Waals surface area contributed by atoms with E-state index >= 15 is 0 Å². The first-order chi connectivity index (χ1) is 10.8. The van der Waals surface area contributed by atoms with Gasteiger partial charge in [-0.15, -0.1) is 5.10 Å². The summed E-state index contributed by atoms with van der Waals surface area (Å²) in [5.41, 5.74) is 4.35. The molecule has 3 rings (SSSR count). The molecule has 0 atom stereocenters. The highest BCUT2D eigenvalue weighted by Crippen LogP contribution is 2.06. The van der Waals surface area contributed by atoms with E-state index in [2.05, 4.69) is 15.8 Å². The molecule has 1 aromatic heterocycles. The molecule has 6 heteroatoms. The molecule has 0 aliphatic carbocycles. The minimum atomic E-state index is -0.432. The van der Waals surface area contributed by atoms with Crippen LogP contribution >= 0.6 is 0 Å². The Hall–Kier alpha value is -2.99. The largest absolute Gasteiger partial charge is 0.297 e. The van der Waals surface area contributed by atoms with Gasteiger partial charge in [-0.2, -0.15) is 0 Å². The third-order valence-electron chi connectivity index (χ3n) is 2.99. The fourth-order valence-electron chi connectivity index (χ4n) is 1.89. The SMILES string of the molecule is O=C(NOCc1ccccc1)c1cn(-c2ccccc2)nn1. The molecule has 1 N–H and O–H groups in total. The molecule has 110 valence electrons. The number of carbonyl (C=O) groups is 1. The van der Waals surface area contributed by atoms with E-state index in [1.54, 1.807) is 6.20 Å². The summed E-state index contributed by atoms with van der Waals surface area (Å²) in [6.07, 6.45) is 1.55. The van der Waals surface area contributed by atoms with Crippen molar-refractivity contribution in [1.82, 2.24) is 20.5 Å². The Kier molecular flexibility index (Phi) is 4.22. The van der Waals surface area contributed by atoms with Crippen molar-refractivity contribution in [2.45, 2.75) is 6.61 Å². The third-order valence-corrected chi connectivity index (χ3v) is 2.99. The van der Waals surface area contributed by atoms with Crippen molar-refractivity contribution in [3.05, 3.63) is 78.1 Å². The molecular weight excluding hydrogens is 280 g/mol. The van der Waals surface area contributed by atoms with Crippen molar-refractivity contribution in [2.24, 2.45) is 0 Å². The monoisotopic (exact) mass is 294 g/mol. The summed E-state index contributed by atoms with van der Waals surface area (Å²) in [6, 6.07) is 19.0. The van der Waals surface area contributed by atoms with E-state index in [9.17, 15) is 4.79 Å². The Morgan fingerprint density at radius 2 is 1.73 bits per heavy atom. The van der Waals surface area contributed by atoms with Crippen LogP contribution in [-0.2, 0) is 11.4 Å². The number of rotatable bonds is 5. The van der Waals surface area contributed by atoms with Gasteiger partial charge in [-0.05, 0) is 17.7 Å². The molecule has 0 saturated heterocycles. The number of amides is 1. The Balaban J connectivity index is 1.58. The summed E-state index contributed by atoms with van der Waals surface area (Å²) < 4.78 is 1.53. The van der Waals surface area contributed by atoms with Gasteiger partial charge in [0, 0.05) is 0 Å². The fourth-order valence-corrected chi connectivity index (χ4v) is 1.89. The van der Waals surface area contributed by atoms with Gasteiger partial charge in [0.25, 0.3) is 5.91 Å². The van der Waals surface area contributed by atoms with Crippen molar-refractivity contribution in [3.8, 4) is 5.69 Å². The molecule has 0 aliphatic heterocycles. The van der Waals surface area contributed by atoms with Gasteiger partial charge < -0.3 is 0 Å². The van der Waals surface area contributed by atoms with Gasteiger partial charge in [0.2, 0.25) is 0 Å². The highest BCUT2D eigenvalue weighted by Gasteiger charge is 2.11. The molecule has 1 heterocycles. The molecule has 2 aromatic carbocycles. The standard InChI is InChI=1S/C16H14N4O2/c21-16(18-22-12-13-7-3-1-4-8-13)15-11-20(19-17-15)14-9-5-2-6-10-14/h1-11H,12H2,(H,18,21). The number of para-hydroxylation sites is 1. The number of benzene rings is 2. The van der Waals surface area contributed by atoms with Gasteiger partial charge in [-0.25, -0.2) is 10.2 Å². The zero-order valence-electron chi connectivity index (χ0n) is 11.7. The minimum absolute atomic E-state index is 0.192. The summed E-state index contributed by atoms with van der Waals surface area (Å²) in [4.78, 5) is 17.1. The maximum atomic E-state index is 11.9. The lowest BCUT2D eigenvalue weighted by molar-refractivity contribution is 0.0229. The van der Waals surface area contributed by atoms with Gasteiger partial charge in [0.05, 0.1) is 18.5 Å². The molecule has 0 fully saturated rings. The second-order valence-electron chi connectivity index (χ2n) is 4.59. The fraction of sp³-hybridized carbons (Fsp3) is 0.0625. The van der Waals surface area contributed by atoms with Crippen LogP contribution in [0.4, 0.5) is 0 Å². The zero-order chi connectivity index (χ0) is 15.2. The summed E-state index contributed by atoms with van der Waals surface area (Å²) in [7, 11) is 0. The van der Waals surface area contributed by atoms with Gasteiger partial charge in [0.15, 0.2) is 5.69 Å². The summed E-state index contributed by atoms with van der Waals surface area (Å²) in [6.45, 7) is 0.291. The molecular formula is C16H14N4O2. The first-order valence-corrected chi connectivity index (χ1v) is 6.77. The van der Waals surface area contributed by atoms with E-state index in [0.717, 1.165) is 11.3 Å². The molecule has 1 amide bonds. The van der Waals surface area contributed by atoms with Crippen LogP contribution < -0.4 is 5.48 Å². The number of nitrogens with zero attached hydrogens (tertiary/aromatic N) is 3. The lowest BCUT2D eigenvalue weighted by Crippen LogP contribution is -2.23. The number of aromatic nitrogens is 3. The molecule has 3 aromatic rings. The summed E-state index contributed by atoms with van der Waals surface area (Å²) in [5, 5.41) is 7.76. The highest BCUT2D eigenvalue weighted by atomic mass is 16.6. The molecule has 0 aliphatic rings. The first kappa shape index (κ1) is 14.0. The molecule has 6 nitrogen and oxygen atoms in total. The quantitative estimate of drug-likeness (QED) is 0.732. The topological polar surface area (TPSA) is 69.0 Å². The summed E-state index contributed by atoms with van der Waals surface area (Å²) in [5.74, 6) is -0.432. The second-order valence-corrected chi connectivity index (χ2v) is 4.59. The Labute approximate surface area is 127 Å². The number of hydroxylamine groups is 1. The highest BCUT2D eigenvalue weighted by molar-refractivity contribution is 5.91. The van der Waals surface area contributed by atoms with Crippen LogP contribution in [0, 0.1) is 0 Å². The van der Waals surface area contributed by atoms with Gasteiger partial charge in [-0.3, -0.25) is 9.63 Å². The summed E-state index contributed by atoms with van der Waals surface area (Å²) >= 11 is 0. The third kappa shape index (κ3) is 3.36. The van der Waals surface area contributed by atoms with Crippen LogP contribution in [0.15, 0.2) is 66.9 Å². The van der Waals surface area contributed by atoms with Crippen LogP contribution in [0.3, 0.4) is 0 Å². The van der Waals surface area contributed by atoms with Crippen LogP contribution in [0.1, 0.15) is 16.1 Å². The predicted molar refractivity (Wildman–Crippen MR) is 80.1 cm³/mol. The minimum Gasteiger partial charge on any atom is -0.269 e. The average molecular weight is 294 g/mol. The number of nitrogens with one attached hydrogen (secondary N) is 1. The van der Waals surface area contributed by atoms with E-state index in [-0.39, 0.29) is 5.69 Å². The van der Waals surface area contributed by atoms with E-state index in [1.807, 2.05) is 60.7 Å². The van der Waals surface area contributed by atoms with E-state index in [1.165, 1.54) is 4.68 Å². The van der Waals surface area contributed by atoms with Crippen molar-refractivity contribution >= 4 is 5.91 Å². The van der Waals surface area contributed by atoms with Crippen LogP contribution in [0.2, 0.25) is 0 Å². The molecule has 0 spiro atoms. The normalized spacial score (nSPS) is 10.4. The Morgan fingerprint density at radius 3 is 2.45 bits per heavy atom. The van der Waals surface area contributed by atoms with Crippen molar-refractivity contribution in [1.29, 1.82) is 0 Å². The number of carbonyl (C=O) groups excluding carboxylic acids is 1. The van der Waals surface area contributed by atoms with Crippen LogP contribution in [-0.4, -0.2) is 20.9 Å². The maximum Gasteiger partial charge on any atom is 0.297 e. The van der Waals surface area contributed by atoms with Gasteiger partial charge in [-0.1, -0.05) is 53.7 Å². The van der Waals surface area contributed by atoms with Crippen molar-refractivity contribution < 1.29 is 9.63 Å². The Morgan fingerprint density at radius 1 is 1.05 bits per heavy atom. The van der Waals surface area contributed by atoms with Gasteiger partial charge >= 0.3 is 0 Å². The van der Waals surface area contributed by atoms with Crippen molar-refractivity contribution in [2.75, 3.05) is 0 Å². The van der Waals surface area contributed by atoms with E-state index in [0.29, 0.717) is 6.61 Å². The van der Waals surface area contributed by atoms with Crippen LogP contribution in [0.25, 0.3) is 5.69 Å². The van der Waals surface area contributed by atoms with E-state index in [4.69, 9.17) is 4.84 Å². The lowest BCUT2D eigenvalue weighted by Gasteiger charge is -2.03. The second kappa shape index (κ2) is 6.64. The average Bonchev–Trinajstić information content (AvgIpc) is 3.07. The molecule has 0 saturated carbocycles. The smallest absolute Gasteiger partial charge is 0.269 e. The Bertz CT molecular complexity index is 741.